The Hall–Kier alpha value is -0.970. The average Bonchev–Trinajstić information content (AvgIpc) is 2.73. The Morgan fingerprint density at radius 2 is 2.05 bits per heavy atom. The predicted molar refractivity (Wildman–Crippen MR) is 83.2 cm³/mol. The van der Waals surface area contributed by atoms with Gasteiger partial charge in [-0.25, -0.2) is 4.98 Å². The molecular formula is C15H25N3OS. The highest BCUT2D eigenvalue weighted by Crippen LogP contribution is 2.34. The van der Waals surface area contributed by atoms with E-state index in [0.29, 0.717) is 18.3 Å². The second kappa shape index (κ2) is 7.16. The molecule has 1 aliphatic rings. The number of carbonyl (C=O) groups excluding carboxylic acids is 1. The van der Waals surface area contributed by atoms with Crippen LogP contribution in [-0.2, 0) is 4.79 Å². The molecular weight excluding hydrogens is 270 g/mol. The number of nitrogens with zero attached hydrogens (tertiary/aromatic N) is 2. The van der Waals surface area contributed by atoms with Gasteiger partial charge in [-0.2, -0.15) is 0 Å². The number of nitrogens with one attached hydrogen (secondary N) is 1. The molecule has 5 heteroatoms. The Kier molecular flexibility index (Phi) is 5.52. The van der Waals surface area contributed by atoms with Crippen molar-refractivity contribution in [3.63, 3.8) is 0 Å². The van der Waals surface area contributed by atoms with Crippen molar-refractivity contribution in [3.8, 4) is 0 Å². The van der Waals surface area contributed by atoms with Crippen LogP contribution in [0.3, 0.4) is 0 Å². The molecule has 20 heavy (non-hydrogen) atoms. The van der Waals surface area contributed by atoms with Crippen LogP contribution in [0.5, 0.6) is 0 Å². The fourth-order valence-electron chi connectivity index (χ4n) is 2.85. The molecule has 0 radical (unpaired) electrons. The molecule has 1 heterocycles. The summed E-state index contributed by atoms with van der Waals surface area (Å²) in [7, 11) is 0. The van der Waals surface area contributed by atoms with E-state index in [1.165, 1.54) is 37.8 Å². The zero-order valence-corrected chi connectivity index (χ0v) is 13.6. The number of rotatable bonds is 5. The first-order valence-corrected chi connectivity index (χ1v) is 8.57. The summed E-state index contributed by atoms with van der Waals surface area (Å²) in [6, 6.07) is 0.571. The van der Waals surface area contributed by atoms with Crippen LogP contribution >= 0.6 is 11.8 Å². The molecule has 0 atom stereocenters. The van der Waals surface area contributed by atoms with Gasteiger partial charge in [-0.1, -0.05) is 31.0 Å². The maximum absolute atomic E-state index is 11.6. The standard InChI is InChI=1S/C15H25N3OS/c1-4-16-14(19)10-20-15-17-11(2)12(3)18(15)13-8-6-5-7-9-13/h13H,4-10H2,1-3H3,(H,16,19). The lowest BCUT2D eigenvalue weighted by atomic mass is 9.95. The molecule has 0 spiro atoms. The van der Waals surface area contributed by atoms with Crippen molar-refractivity contribution in [1.29, 1.82) is 0 Å². The number of thioether (sulfide) groups is 1. The molecule has 0 aliphatic heterocycles. The fourth-order valence-corrected chi connectivity index (χ4v) is 3.83. The third-order valence-corrected chi connectivity index (χ3v) is 4.95. The molecule has 1 fully saturated rings. The second-order valence-electron chi connectivity index (χ2n) is 5.47. The molecule has 4 nitrogen and oxygen atoms in total. The van der Waals surface area contributed by atoms with Crippen LogP contribution in [0.2, 0.25) is 0 Å². The van der Waals surface area contributed by atoms with Gasteiger partial charge >= 0.3 is 0 Å². The van der Waals surface area contributed by atoms with Gasteiger partial charge in [-0.3, -0.25) is 4.79 Å². The van der Waals surface area contributed by atoms with Crippen molar-refractivity contribution in [2.45, 2.75) is 64.1 Å². The molecule has 1 amide bonds. The van der Waals surface area contributed by atoms with E-state index in [-0.39, 0.29) is 5.91 Å². The number of hydrogen-bond acceptors (Lipinski definition) is 3. The SMILES string of the molecule is CCNC(=O)CSc1nc(C)c(C)n1C1CCCCC1. The topological polar surface area (TPSA) is 46.9 Å². The van der Waals surface area contributed by atoms with E-state index in [0.717, 1.165) is 10.9 Å². The first-order chi connectivity index (χ1) is 9.63. The van der Waals surface area contributed by atoms with Gasteiger partial charge in [-0.15, -0.1) is 0 Å². The van der Waals surface area contributed by atoms with Crippen molar-refractivity contribution in [3.05, 3.63) is 11.4 Å². The monoisotopic (exact) mass is 295 g/mol. The van der Waals surface area contributed by atoms with Gasteiger partial charge in [-0.05, 0) is 33.6 Å². The van der Waals surface area contributed by atoms with Crippen LogP contribution in [0.25, 0.3) is 0 Å². The normalized spacial score (nSPS) is 16.4. The minimum Gasteiger partial charge on any atom is -0.356 e. The van der Waals surface area contributed by atoms with E-state index >= 15 is 0 Å². The summed E-state index contributed by atoms with van der Waals surface area (Å²) in [6.07, 6.45) is 6.45. The highest BCUT2D eigenvalue weighted by Gasteiger charge is 2.22. The van der Waals surface area contributed by atoms with E-state index < -0.39 is 0 Å². The van der Waals surface area contributed by atoms with Crippen LogP contribution in [0.1, 0.15) is 56.5 Å². The third-order valence-electron chi connectivity index (χ3n) is 4.00. The Bertz CT molecular complexity index is 464. The third kappa shape index (κ3) is 3.57. The Balaban J connectivity index is 2.11. The van der Waals surface area contributed by atoms with E-state index in [9.17, 15) is 4.79 Å². The van der Waals surface area contributed by atoms with Gasteiger partial charge in [0, 0.05) is 18.3 Å². The lowest BCUT2D eigenvalue weighted by Gasteiger charge is -2.26. The smallest absolute Gasteiger partial charge is 0.230 e. The van der Waals surface area contributed by atoms with Crippen molar-refractivity contribution in [2.24, 2.45) is 0 Å². The largest absolute Gasteiger partial charge is 0.356 e. The van der Waals surface area contributed by atoms with Crippen molar-refractivity contribution < 1.29 is 4.79 Å². The molecule has 1 aromatic rings. The number of aryl methyl sites for hydroxylation is 1. The summed E-state index contributed by atoms with van der Waals surface area (Å²) < 4.78 is 2.37. The summed E-state index contributed by atoms with van der Waals surface area (Å²) in [5.74, 6) is 0.544. The maximum atomic E-state index is 11.6. The molecule has 0 unspecified atom stereocenters. The highest BCUT2D eigenvalue weighted by molar-refractivity contribution is 7.99. The quantitative estimate of drug-likeness (QED) is 0.848. The molecule has 2 rings (SSSR count). The molecule has 1 aromatic heterocycles. The molecule has 112 valence electrons. The Morgan fingerprint density at radius 1 is 1.35 bits per heavy atom. The van der Waals surface area contributed by atoms with Gasteiger partial charge in [0.05, 0.1) is 11.4 Å². The van der Waals surface area contributed by atoms with Gasteiger partial charge in [0.1, 0.15) is 0 Å². The number of amides is 1. The fraction of sp³-hybridized carbons (Fsp3) is 0.733. The number of imidazole rings is 1. The first kappa shape index (κ1) is 15.4. The van der Waals surface area contributed by atoms with Crippen LogP contribution in [0.4, 0.5) is 0 Å². The molecule has 0 saturated heterocycles. The van der Waals surface area contributed by atoms with Gasteiger partial charge in [0.15, 0.2) is 5.16 Å². The molecule has 0 aromatic carbocycles. The Labute approximate surface area is 125 Å². The lowest BCUT2D eigenvalue weighted by molar-refractivity contribution is -0.118. The Morgan fingerprint density at radius 3 is 2.70 bits per heavy atom. The first-order valence-electron chi connectivity index (χ1n) is 7.58. The van der Waals surface area contributed by atoms with Crippen LogP contribution in [0, 0.1) is 13.8 Å². The van der Waals surface area contributed by atoms with Gasteiger partial charge in [0.2, 0.25) is 5.91 Å². The van der Waals surface area contributed by atoms with Crippen molar-refractivity contribution >= 4 is 17.7 Å². The summed E-state index contributed by atoms with van der Waals surface area (Å²) in [5, 5.41) is 3.85. The van der Waals surface area contributed by atoms with E-state index in [2.05, 4.69) is 28.7 Å². The van der Waals surface area contributed by atoms with Crippen LogP contribution in [0.15, 0.2) is 5.16 Å². The van der Waals surface area contributed by atoms with E-state index in [1.807, 2.05) is 6.92 Å². The molecule has 1 aliphatic carbocycles. The van der Waals surface area contributed by atoms with Crippen molar-refractivity contribution in [2.75, 3.05) is 12.3 Å². The molecule has 1 N–H and O–H groups in total. The highest BCUT2D eigenvalue weighted by atomic mass is 32.2. The van der Waals surface area contributed by atoms with Crippen molar-refractivity contribution in [1.82, 2.24) is 14.9 Å². The average molecular weight is 295 g/mol. The van der Waals surface area contributed by atoms with Gasteiger partial charge in [0.25, 0.3) is 0 Å². The van der Waals surface area contributed by atoms with Crippen LogP contribution < -0.4 is 5.32 Å². The minimum atomic E-state index is 0.0889. The maximum Gasteiger partial charge on any atom is 0.230 e. The van der Waals surface area contributed by atoms with Gasteiger partial charge < -0.3 is 9.88 Å². The molecule has 0 bridgehead atoms. The summed E-state index contributed by atoms with van der Waals surface area (Å²) in [5.41, 5.74) is 2.35. The molecule has 1 saturated carbocycles. The van der Waals surface area contributed by atoms with Crippen LogP contribution in [-0.4, -0.2) is 27.8 Å². The number of aromatic nitrogens is 2. The number of hydrogen-bond donors (Lipinski definition) is 1. The zero-order chi connectivity index (χ0) is 14.5. The summed E-state index contributed by atoms with van der Waals surface area (Å²) >= 11 is 1.56. The predicted octanol–water partition coefficient (Wildman–Crippen LogP) is 3.23. The lowest BCUT2D eigenvalue weighted by Crippen LogP contribution is -2.24. The zero-order valence-electron chi connectivity index (χ0n) is 12.7. The van der Waals surface area contributed by atoms with E-state index in [4.69, 9.17) is 0 Å². The minimum absolute atomic E-state index is 0.0889. The summed E-state index contributed by atoms with van der Waals surface area (Å²) in [4.78, 5) is 16.3. The second-order valence-corrected chi connectivity index (χ2v) is 6.41. The van der Waals surface area contributed by atoms with E-state index in [1.54, 1.807) is 11.8 Å². The summed E-state index contributed by atoms with van der Waals surface area (Å²) in [6.45, 7) is 6.84. The number of carbonyl (C=O) groups is 1.